The summed E-state index contributed by atoms with van der Waals surface area (Å²) in [6.45, 7) is 5.42. The Morgan fingerprint density at radius 1 is 0.786 bits per heavy atom. The van der Waals surface area contributed by atoms with E-state index < -0.39 is 62.4 Å². The Morgan fingerprint density at radius 2 is 1.21 bits per heavy atom. The molecule has 2 aromatic carbocycles. The van der Waals surface area contributed by atoms with Gasteiger partial charge in [0.05, 0.1) is 49.1 Å². The lowest BCUT2D eigenvalue weighted by molar-refractivity contribution is -0.387. The number of nitro groups is 2. The summed E-state index contributed by atoms with van der Waals surface area (Å²) < 4.78 is 62.6. The molecule has 0 aliphatic carbocycles. The zero-order chi connectivity index (χ0) is 30.5. The van der Waals surface area contributed by atoms with Gasteiger partial charge >= 0.3 is 17.3 Å². The standard InChI is InChI=1S/C12H12F2N2O4.C8H5F2NO4.C4H9NO.CH4/c13-9-7-10(14)11(16(18)19)5-8(9)6-12(17)15-1-3-20-4-2-15;9-5-3-6(10)7(11(14)15)1-4(5)2-8(12)13;1-3-6-4-2-5-1;/h5,7H,1-4,6H2;1,3H,2H2,(H,12,13);5H,1-4H2;1H4. The molecular formula is C25H30F4N4O9. The number of nitro benzene ring substituents is 2. The smallest absolute Gasteiger partial charge is 0.307 e. The van der Waals surface area contributed by atoms with Crippen molar-refractivity contribution >= 4 is 23.3 Å². The maximum atomic E-state index is 13.6. The molecule has 2 N–H and O–H groups in total. The molecule has 0 bridgehead atoms. The molecule has 13 nitrogen and oxygen atoms in total. The zero-order valence-electron chi connectivity index (χ0n) is 21.4. The van der Waals surface area contributed by atoms with Crippen molar-refractivity contribution in [3.05, 3.63) is 78.9 Å². The van der Waals surface area contributed by atoms with Crippen molar-refractivity contribution in [3.63, 3.8) is 0 Å². The average molecular weight is 607 g/mol. The lowest BCUT2D eigenvalue weighted by Crippen LogP contribution is -2.41. The number of nitrogens with one attached hydrogen (secondary N) is 1. The number of ether oxygens (including phenoxy) is 2. The minimum absolute atomic E-state index is 0. The zero-order valence-corrected chi connectivity index (χ0v) is 21.4. The Labute approximate surface area is 237 Å². The SMILES string of the molecule is C.C1COCCN1.O=C(Cc1cc([N+](=O)[O-])c(F)cc1F)N1CCOCC1.O=C(O)Cc1cc([N+](=O)[O-])c(F)cc1F. The number of hydrogen-bond donors (Lipinski definition) is 2. The third-order valence-electron chi connectivity index (χ3n) is 5.52. The molecule has 0 unspecified atom stereocenters. The second kappa shape index (κ2) is 17.6. The number of carboxylic acids is 1. The number of amides is 1. The molecule has 17 heteroatoms. The first-order valence-corrected chi connectivity index (χ1v) is 12.0. The predicted molar refractivity (Wildman–Crippen MR) is 139 cm³/mol. The molecule has 0 atom stereocenters. The Kier molecular flexibility index (Phi) is 15.0. The Hall–Kier alpha value is -4.22. The summed E-state index contributed by atoms with van der Waals surface area (Å²) in [6, 6.07) is 2.08. The van der Waals surface area contributed by atoms with E-state index in [9.17, 15) is 47.4 Å². The number of hydrogen-bond acceptors (Lipinski definition) is 9. The fraction of sp³-hybridized carbons (Fsp3) is 0.440. The Morgan fingerprint density at radius 3 is 1.57 bits per heavy atom. The van der Waals surface area contributed by atoms with Crippen molar-refractivity contribution in [2.45, 2.75) is 20.3 Å². The van der Waals surface area contributed by atoms with Crippen LogP contribution in [0.4, 0.5) is 28.9 Å². The van der Waals surface area contributed by atoms with Gasteiger partial charge in [0.25, 0.3) is 0 Å². The van der Waals surface area contributed by atoms with Crippen LogP contribution in [0.2, 0.25) is 0 Å². The maximum absolute atomic E-state index is 13.6. The van der Waals surface area contributed by atoms with Gasteiger partial charge in [-0.1, -0.05) is 7.43 Å². The van der Waals surface area contributed by atoms with Crippen molar-refractivity contribution < 1.29 is 51.6 Å². The second-order valence-electron chi connectivity index (χ2n) is 8.41. The summed E-state index contributed by atoms with van der Waals surface area (Å²) in [6.07, 6.45) is -1.07. The summed E-state index contributed by atoms with van der Waals surface area (Å²) in [5, 5.41) is 32.4. The first-order valence-electron chi connectivity index (χ1n) is 12.0. The Bertz CT molecular complexity index is 1250. The number of halogens is 4. The van der Waals surface area contributed by atoms with Crippen LogP contribution in [0.3, 0.4) is 0 Å². The van der Waals surface area contributed by atoms with Crippen molar-refractivity contribution in [3.8, 4) is 0 Å². The van der Waals surface area contributed by atoms with Gasteiger partial charge in [-0.15, -0.1) is 0 Å². The molecule has 4 rings (SSSR count). The van der Waals surface area contributed by atoms with E-state index in [1.54, 1.807) is 0 Å². The molecule has 232 valence electrons. The van der Waals surface area contributed by atoms with Gasteiger partial charge in [-0.2, -0.15) is 8.78 Å². The lowest BCUT2D eigenvalue weighted by Gasteiger charge is -2.26. The topological polar surface area (TPSA) is 174 Å². The summed E-state index contributed by atoms with van der Waals surface area (Å²) in [5.74, 6) is -6.38. The van der Waals surface area contributed by atoms with Crippen LogP contribution in [0, 0.1) is 43.5 Å². The van der Waals surface area contributed by atoms with E-state index >= 15 is 0 Å². The van der Waals surface area contributed by atoms with Crippen LogP contribution < -0.4 is 5.32 Å². The van der Waals surface area contributed by atoms with E-state index in [1.165, 1.54) is 4.90 Å². The summed E-state index contributed by atoms with van der Waals surface area (Å²) >= 11 is 0. The second-order valence-corrected chi connectivity index (χ2v) is 8.41. The van der Waals surface area contributed by atoms with E-state index in [1.807, 2.05) is 0 Å². The highest BCUT2D eigenvalue weighted by atomic mass is 19.1. The molecule has 1 amide bonds. The molecule has 42 heavy (non-hydrogen) atoms. The van der Waals surface area contributed by atoms with Crippen LogP contribution in [0.1, 0.15) is 18.6 Å². The molecule has 2 aromatic rings. The highest BCUT2D eigenvalue weighted by Crippen LogP contribution is 2.23. The summed E-state index contributed by atoms with van der Waals surface area (Å²) in [7, 11) is 0. The van der Waals surface area contributed by atoms with Crippen molar-refractivity contribution in [1.29, 1.82) is 0 Å². The molecule has 2 saturated heterocycles. The monoisotopic (exact) mass is 606 g/mol. The van der Waals surface area contributed by atoms with E-state index in [-0.39, 0.29) is 25.3 Å². The van der Waals surface area contributed by atoms with E-state index in [0.29, 0.717) is 44.5 Å². The molecule has 2 heterocycles. The quantitative estimate of drug-likeness (QED) is 0.283. The van der Waals surface area contributed by atoms with Gasteiger partial charge in [0, 0.05) is 61.6 Å². The number of nitrogens with zero attached hydrogens (tertiary/aromatic N) is 3. The van der Waals surface area contributed by atoms with Gasteiger partial charge in [-0.3, -0.25) is 29.8 Å². The molecule has 2 aliphatic heterocycles. The normalized spacial score (nSPS) is 14.2. The van der Waals surface area contributed by atoms with Crippen LogP contribution in [0.25, 0.3) is 0 Å². The number of rotatable bonds is 6. The van der Waals surface area contributed by atoms with Gasteiger partial charge in [-0.25, -0.2) is 8.78 Å². The Balaban J connectivity index is 0.000000352. The van der Waals surface area contributed by atoms with Gasteiger partial charge in [0.2, 0.25) is 17.5 Å². The molecule has 0 radical (unpaired) electrons. The van der Waals surface area contributed by atoms with Gasteiger partial charge in [-0.05, 0) is 0 Å². The van der Waals surface area contributed by atoms with Crippen LogP contribution in [-0.2, 0) is 31.9 Å². The number of carbonyl (C=O) groups is 2. The highest BCUT2D eigenvalue weighted by molar-refractivity contribution is 5.79. The highest BCUT2D eigenvalue weighted by Gasteiger charge is 2.23. The largest absolute Gasteiger partial charge is 0.481 e. The lowest BCUT2D eigenvalue weighted by atomic mass is 10.1. The third kappa shape index (κ3) is 11.3. The number of aliphatic carboxylic acids is 1. The van der Waals surface area contributed by atoms with Gasteiger partial charge < -0.3 is 24.8 Å². The van der Waals surface area contributed by atoms with Crippen molar-refractivity contribution in [2.75, 3.05) is 52.6 Å². The number of benzene rings is 2. The first kappa shape index (κ1) is 35.8. The third-order valence-corrected chi connectivity index (χ3v) is 5.52. The molecule has 2 fully saturated rings. The van der Waals surface area contributed by atoms with Gasteiger partial charge in [0.1, 0.15) is 11.6 Å². The summed E-state index contributed by atoms with van der Waals surface area (Å²) in [5.41, 5.74) is -2.38. The molecule has 0 saturated carbocycles. The fourth-order valence-corrected chi connectivity index (χ4v) is 3.48. The number of morpholine rings is 2. The number of carboxylic acid groups (broad SMARTS) is 1. The minimum atomic E-state index is -1.35. The number of carbonyl (C=O) groups excluding carboxylic acids is 1. The minimum Gasteiger partial charge on any atom is -0.481 e. The molecule has 0 aromatic heterocycles. The van der Waals surface area contributed by atoms with Crippen LogP contribution in [0.5, 0.6) is 0 Å². The van der Waals surface area contributed by atoms with E-state index in [2.05, 4.69) is 5.32 Å². The summed E-state index contributed by atoms with van der Waals surface area (Å²) in [4.78, 5) is 42.5. The van der Waals surface area contributed by atoms with E-state index in [4.69, 9.17) is 14.6 Å². The average Bonchev–Trinajstić information content (AvgIpc) is 2.93. The van der Waals surface area contributed by atoms with E-state index in [0.717, 1.165) is 32.4 Å². The van der Waals surface area contributed by atoms with Gasteiger partial charge in [0.15, 0.2) is 0 Å². The first-order chi connectivity index (χ1) is 19.4. The fourth-order valence-electron chi connectivity index (χ4n) is 3.48. The van der Waals surface area contributed by atoms with Crippen LogP contribution in [-0.4, -0.2) is 84.3 Å². The predicted octanol–water partition coefficient (Wildman–Crippen LogP) is 3.02. The van der Waals surface area contributed by atoms with Crippen LogP contribution in [0.15, 0.2) is 24.3 Å². The van der Waals surface area contributed by atoms with Crippen LogP contribution >= 0.6 is 0 Å². The molecule has 2 aliphatic rings. The van der Waals surface area contributed by atoms with Crippen molar-refractivity contribution in [1.82, 2.24) is 10.2 Å². The maximum Gasteiger partial charge on any atom is 0.307 e. The van der Waals surface area contributed by atoms with Crippen molar-refractivity contribution in [2.24, 2.45) is 0 Å². The molecular weight excluding hydrogens is 576 g/mol. The molecule has 0 spiro atoms.